The third-order valence-electron chi connectivity index (χ3n) is 2.90. The zero-order valence-electron chi connectivity index (χ0n) is 9.91. The van der Waals surface area contributed by atoms with Crippen molar-refractivity contribution in [1.29, 1.82) is 0 Å². The van der Waals surface area contributed by atoms with Crippen LogP contribution in [0.25, 0.3) is 0 Å². The van der Waals surface area contributed by atoms with Gasteiger partial charge in [-0.05, 0) is 32.0 Å². The Morgan fingerprint density at radius 1 is 1.33 bits per heavy atom. The minimum atomic E-state index is -0.715. The topological polar surface area (TPSA) is 49.4 Å². The van der Waals surface area contributed by atoms with Crippen LogP contribution in [0.5, 0.6) is 0 Å². The molecular formula is C12H12ClFN2O2. The van der Waals surface area contributed by atoms with Gasteiger partial charge in [-0.2, -0.15) is 0 Å². The molecule has 0 spiro atoms. The van der Waals surface area contributed by atoms with E-state index in [0.29, 0.717) is 0 Å². The molecule has 1 aliphatic rings. The van der Waals surface area contributed by atoms with Gasteiger partial charge in [-0.15, -0.1) is 0 Å². The molecule has 2 atom stereocenters. The molecule has 0 saturated carbocycles. The van der Waals surface area contributed by atoms with Gasteiger partial charge in [0.05, 0.1) is 10.7 Å². The summed E-state index contributed by atoms with van der Waals surface area (Å²) in [5, 5.41) is 2.78. The van der Waals surface area contributed by atoms with E-state index in [1.165, 1.54) is 17.0 Å². The average molecular weight is 271 g/mol. The van der Waals surface area contributed by atoms with Crippen LogP contribution in [0.4, 0.5) is 10.1 Å². The zero-order chi connectivity index (χ0) is 13.4. The van der Waals surface area contributed by atoms with E-state index in [1.54, 1.807) is 13.8 Å². The fourth-order valence-electron chi connectivity index (χ4n) is 1.91. The number of nitrogens with one attached hydrogen (secondary N) is 1. The molecule has 1 fully saturated rings. The van der Waals surface area contributed by atoms with Crippen LogP contribution < -0.4 is 10.2 Å². The first-order valence-corrected chi connectivity index (χ1v) is 5.88. The second-order valence-electron chi connectivity index (χ2n) is 4.21. The van der Waals surface area contributed by atoms with Crippen LogP contribution in [0.3, 0.4) is 0 Å². The van der Waals surface area contributed by atoms with Gasteiger partial charge in [-0.1, -0.05) is 11.6 Å². The maximum absolute atomic E-state index is 13.3. The van der Waals surface area contributed by atoms with Gasteiger partial charge >= 0.3 is 0 Å². The predicted octanol–water partition coefficient (Wildman–Crippen LogP) is 1.72. The van der Waals surface area contributed by atoms with Gasteiger partial charge in [0.1, 0.15) is 17.9 Å². The number of amides is 2. The molecule has 2 rings (SSSR count). The lowest BCUT2D eigenvalue weighted by Crippen LogP contribution is -2.61. The van der Waals surface area contributed by atoms with Crippen molar-refractivity contribution in [1.82, 2.24) is 5.32 Å². The molecule has 1 aromatic carbocycles. The Bertz CT molecular complexity index is 521. The van der Waals surface area contributed by atoms with Gasteiger partial charge < -0.3 is 5.32 Å². The number of carbonyl (C=O) groups is 2. The SMILES string of the molecule is CC1NC(=O)C(C)N(c2cc(F)ccc2Cl)C1=O. The third kappa shape index (κ3) is 2.06. The number of nitrogens with zero attached hydrogens (tertiary/aromatic N) is 1. The molecule has 0 radical (unpaired) electrons. The lowest BCUT2D eigenvalue weighted by molar-refractivity contribution is -0.133. The van der Waals surface area contributed by atoms with Crippen molar-refractivity contribution in [3.8, 4) is 0 Å². The summed E-state index contributed by atoms with van der Waals surface area (Å²) in [6.07, 6.45) is 0. The van der Waals surface area contributed by atoms with Crippen molar-refractivity contribution in [3.05, 3.63) is 29.0 Å². The number of benzene rings is 1. The highest BCUT2D eigenvalue weighted by Crippen LogP contribution is 2.30. The zero-order valence-corrected chi connectivity index (χ0v) is 10.7. The van der Waals surface area contributed by atoms with Crippen LogP contribution in [0.15, 0.2) is 18.2 Å². The second-order valence-corrected chi connectivity index (χ2v) is 4.62. The summed E-state index contributed by atoms with van der Waals surface area (Å²) < 4.78 is 13.3. The molecule has 96 valence electrons. The Hall–Kier alpha value is -1.62. The Morgan fingerprint density at radius 3 is 2.67 bits per heavy atom. The summed E-state index contributed by atoms with van der Waals surface area (Å²) in [5.74, 6) is -1.11. The average Bonchev–Trinajstić information content (AvgIpc) is 2.31. The normalized spacial score (nSPS) is 24.1. The summed E-state index contributed by atoms with van der Waals surface area (Å²) in [4.78, 5) is 25.0. The second kappa shape index (κ2) is 4.57. The Morgan fingerprint density at radius 2 is 2.00 bits per heavy atom. The fraction of sp³-hybridized carbons (Fsp3) is 0.333. The van der Waals surface area contributed by atoms with Gasteiger partial charge in [0.15, 0.2) is 0 Å². The maximum atomic E-state index is 13.3. The van der Waals surface area contributed by atoms with E-state index in [4.69, 9.17) is 11.6 Å². The number of carbonyl (C=O) groups excluding carboxylic acids is 2. The van der Waals surface area contributed by atoms with E-state index in [-0.39, 0.29) is 22.5 Å². The van der Waals surface area contributed by atoms with Gasteiger partial charge in [-0.3, -0.25) is 14.5 Å². The van der Waals surface area contributed by atoms with Crippen molar-refractivity contribution in [2.45, 2.75) is 25.9 Å². The summed E-state index contributed by atoms with van der Waals surface area (Å²) >= 11 is 5.96. The number of piperazine rings is 1. The smallest absolute Gasteiger partial charge is 0.250 e. The molecule has 1 aliphatic heterocycles. The lowest BCUT2D eigenvalue weighted by Gasteiger charge is -2.36. The molecule has 1 aromatic rings. The highest BCUT2D eigenvalue weighted by molar-refractivity contribution is 6.34. The van der Waals surface area contributed by atoms with Crippen LogP contribution in [-0.4, -0.2) is 23.9 Å². The molecule has 4 nitrogen and oxygen atoms in total. The lowest BCUT2D eigenvalue weighted by atomic mass is 10.1. The molecule has 0 bridgehead atoms. The molecule has 6 heteroatoms. The first-order chi connectivity index (χ1) is 8.41. The van der Waals surface area contributed by atoms with Crippen molar-refractivity contribution >= 4 is 29.1 Å². The highest BCUT2D eigenvalue weighted by Gasteiger charge is 2.37. The minimum Gasteiger partial charge on any atom is -0.343 e. The molecule has 1 saturated heterocycles. The Kier molecular flexibility index (Phi) is 3.26. The molecule has 1 N–H and O–H groups in total. The molecule has 1 heterocycles. The number of hydrogen-bond acceptors (Lipinski definition) is 2. The quantitative estimate of drug-likeness (QED) is 0.845. The van der Waals surface area contributed by atoms with E-state index in [2.05, 4.69) is 5.32 Å². The van der Waals surface area contributed by atoms with Gasteiger partial charge in [0, 0.05) is 0 Å². The maximum Gasteiger partial charge on any atom is 0.250 e. The third-order valence-corrected chi connectivity index (χ3v) is 3.22. The molecule has 2 amide bonds. The minimum absolute atomic E-state index is 0.218. The van der Waals surface area contributed by atoms with Crippen LogP contribution in [0.1, 0.15) is 13.8 Å². The Labute approximate surface area is 109 Å². The van der Waals surface area contributed by atoms with Crippen LogP contribution in [-0.2, 0) is 9.59 Å². The summed E-state index contributed by atoms with van der Waals surface area (Å²) in [6.45, 7) is 3.15. The van der Waals surface area contributed by atoms with Crippen molar-refractivity contribution in [2.75, 3.05) is 4.90 Å². The largest absolute Gasteiger partial charge is 0.343 e. The monoisotopic (exact) mass is 270 g/mol. The molecule has 2 unspecified atom stereocenters. The Balaban J connectivity index is 2.49. The van der Waals surface area contributed by atoms with Gasteiger partial charge in [0.2, 0.25) is 11.8 Å². The number of hydrogen-bond donors (Lipinski definition) is 1. The van der Waals surface area contributed by atoms with E-state index in [1.807, 2.05) is 0 Å². The molecule has 0 aromatic heterocycles. The molecule has 18 heavy (non-hydrogen) atoms. The van der Waals surface area contributed by atoms with Gasteiger partial charge in [0.25, 0.3) is 0 Å². The summed E-state index contributed by atoms with van der Waals surface area (Å²) in [7, 11) is 0. The van der Waals surface area contributed by atoms with Crippen LogP contribution >= 0.6 is 11.6 Å². The van der Waals surface area contributed by atoms with Crippen molar-refractivity contribution < 1.29 is 14.0 Å². The van der Waals surface area contributed by atoms with Crippen molar-refractivity contribution in [2.24, 2.45) is 0 Å². The number of rotatable bonds is 1. The highest BCUT2D eigenvalue weighted by atomic mass is 35.5. The van der Waals surface area contributed by atoms with E-state index in [0.717, 1.165) is 6.07 Å². The van der Waals surface area contributed by atoms with E-state index >= 15 is 0 Å². The fourth-order valence-corrected chi connectivity index (χ4v) is 2.12. The number of anilines is 1. The predicted molar refractivity (Wildman–Crippen MR) is 66.0 cm³/mol. The summed E-state index contributed by atoms with van der Waals surface area (Å²) in [6, 6.07) is 2.36. The first-order valence-electron chi connectivity index (χ1n) is 5.50. The molecular weight excluding hydrogens is 259 g/mol. The first kappa shape index (κ1) is 12.8. The summed E-state index contributed by atoms with van der Waals surface area (Å²) in [5.41, 5.74) is 0.218. The standard InChI is InChI=1S/C12H12ClFN2O2/c1-6-12(18)16(7(2)11(17)15-6)10-5-8(14)3-4-9(10)13/h3-7H,1-2H3,(H,15,17). The van der Waals surface area contributed by atoms with Crippen LogP contribution in [0, 0.1) is 5.82 Å². The van der Waals surface area contributed by atoms with Crippen molar-refractivity contribution in [3.63, 3.8) is 0 Å². The van der Waals surface area contributed by atoms with E-state index < -0.39 is 17.9 Å². The van der Waals surface area contributed by atoms with Crippen LogP contribution in [0.2, 0.25) is 5.02 Å². The number of halogens is 2. The molecule has 0 aliphatic carbocycles. The van der Waals surface area contributed by atoms with E-state index in [9.17, 15) is 14.0 Å². The van der Waals surface area contributed by atoms with Gasteiger partial charge in [-0.25, -0.2) is 4.39 Å².